The fourth-order valence-corrected chi connectivity index (χ4v) is 4.77. The maximum absolute atomic E-state index is 13.5. The first kappa shape index (κ1) is 22.9. The van der Waals surface area contributed by atoms with Crippen molar-refractivity contribution in [3.63, 3.8) is 0 Å². The summed E-state index contributed by atoms with van der Waals surface area (Å²) in [6.45, 7) is 0.411. The van der Waals surface area contributed by atoms with Gasteiger partial charge in [-0.05, 0) is 78.5 Å². The second kappa shape index (κ2) is 10.1. The van der Waals surface area contributed by atoms with Gasteiger partial charge in [-0.15, -0.1) is 0 Å². The Morgan fingerprint density at radius 3 is 2.58 bits per heavy atom. The summed E-state index contributed by atoms with van der Waals surface area (Å²) in [5.74, 6) is 0.203. The van der Waals surface area contributed by atoms with Crippen molar-refractivity contribution in [3.05, 3.63) is 105 Å². The number of aliphatic hydroxyl groups is 1. The molecule has 1 amide bonds. The molecule has 3 aromatic rings. The Morgan fingerprint density at radius 2 is 1.88 bits per heavy atom. The van der Waals surface area contributed by atoms with Gasteiger partial charge in [0, 0.05) is 31.4 Å². The van der Waals surface area contributed by atoms with Crippen molar-refractivity contribution in [2.24, 2.45) is 11.8 Å². The summed E-state index contributed by atoms with van der Waals surface area (Å²) >= 11 is 0. The number of amides is 1. The number of rotatable bonds is 7. The smallest absolute Gasteiger partial charge is 0.253 e. The number of aliphatic hydroxyl groups excluding tert-OH is 1. The number of halogens is 1. The highest BCUT2D eigenvalue weighted by atomic mass is 19.1. The number of carbonyl (C=O) groups excluding carboxylic acids is 1. The minimum atomic E-state index is -0.635. The second-order valence-corrected chi connectivity index (χ2v) is 9.06. The van der Waals surface area contributed by atoms with E-state index < -0.39 is 6.10 Å². The maximum Gasteiger partial charge on any atom is 0.253 e. The fraction of sp³-hybridized carbons (Fsp3) is 0.333. The van der Waals surface area contributed by atoms with Crippen molar-refractivity contribution in [1.82, 2.24) is 9.88 Å². The summed E-state index contributed by atoms with van der Waals surface area (Å²) in [4.78, 5) is 28.2. The molecule has 1 aliphatic rings. The van der Waals surface area contributed by atoms with Crippen LogP contribution in [0.25, 0.3) is 0 Å². The van der Waals surface area contributed by atoms with Gasteiger partial charge in [0.15, 0.2) is 0 Å². The Balaban J connectivity index is 1.31. The van der Waals surface area contributed by atoms with E-state index in [0.717, 1.165) is 31.2 Å². The van der Waals surface area contributed by atoms with Crippen molar-refractivity contribution < 1.29 is 14.3 Å². The number of aromatic amines is 1. The molecule has 2 N–H and O–H groups in total. The van der Waals surface area contributed by atoms with Crippen molar-refractivity contribution in [1.29, 1.82) is 0 Å². The predicted molar refractivity (Wildman–Crippen MR) is 125 cm³/mol. The van der Waals surface area contributed by atoms with E-state index in [9.17, 15) is 19.1 Å². The highest BCUT2D eigenvalue weighted by Crippen LogP contribution is 2.40. The molecule has 1 heterocycles. The maximum atomic E-state index is 13.5. The van der Waals surface area contributed by atoms with E-state index in [1.165, 1.54) is 23.8 Å². The van der Waals surface area contributed by atoms with Crippen molar-refractivity contribution in [2.45, 2.75) is 38.3 Å². The molecule has 0 aliphatic heterocycles. The van der Waals surface area contributed by atoms with Gasteiger partial charge in [-0.2, -0.15) is 0 Å². The standard InChI is InChI=1S/C27H29FN2O3/c1-30(17-20-8-12-25(31)29-16-20)27(33)21-9-5-18(6-10-21)13-19-7-11-23(14-19)26(32)22-3-2-4-24(28)15-22/h2-6,8-10,12,15-16,19,23,26,32H,7,11,13-14,17H2,1H3,(H,29,31)/t19-,23-,26+/m0/s1. The van der Waals surface area contributed by atoms with Crippen LogP contribution in [0, 0.1) is 17.7 Å². The van der Waals surface area contributed by atoms with Gasteiger partial charge in [-0.25, -0.2) is 4.39 Å². The van der Waals surface area contributed by atoms with Gasteiger partial charge in [-0.1, -0.05) is 30.3 Å². The van der Waals surface area contributed by atoms with E-state index >= 15 is 0 Å². The van der Waals surface area contributed by atoms with Crippen LogP contribution in [-0.2, 0) is 13.0 Å². The summed E-state index contributed by atoms with van der Waals surface area (Å²) < 4.78 is 13.5. The number of H-pyrrole nitrogens is 1. The largest absolute Gasteiger partial charge is 0.388 e. The molecule has 0 spiro atoms. The van der Waals surface area contributed by atoms with Crippen LogP contribution >= 0.6 is 0 Å². The van der Waals surface area contributed by atoms with Crippen molar-refractivity contribution in [2.75, 3.05) is 7.05 Å². The Morgan fingerprint density at radius 1 is 1.12 bits per heavy atom. The third-order valence-electron chi connectivity index (χ3n) is 6.56. The fourth-order valence-electron chi connectivity index (χ4n) is 4.77. The molecule has 1 aromatic heterocycles. The first-order chi connectivity index (χ1) is 15.9. The minimum absolute atomic E-state index is 0.0769. The molecule has 2 aromatic carbocycles. The van der Waals surface area contributed by atoms with Gasteiger partial charge in [0.1, 0.15) is 5.82 Å². The predicted octanol–water partition coefficient (Wildman–Crippen LogP) is 4.48. The number of aromatic nitrogens is 1. The number of hydrogen-bond acceptors (Lipinski definition) is 3. The lowest BCUT2D eigenvalue weighted by Gasteiger charge is -2.19. The zero-order chi connectivity index (χ0) is 23.4. The Labute approximate surface area is 192 Å². The number of nitrogens with one attached hydrogen (secondary N) is 1. The van der Waals surface area contributed by atoms with Crippen LogP contribution < -0.4 is 5.56 Å². The molecule has 3 atom stereocenters. The van der Waals surface area contributed by atoms with E-state index in [1.54, 1.807) is 36.3 Å². The topological polar surface area (TPSA) is 73.4 Å². The number of carbonyl (C=O) groups is 1. The van der Waals surface area contributed by atoms with Gasteiger partial charge >= 0.3 is 0 Å². The monoisotopic (exact) mass is 448 g/mol. The van der Waals surface area contributed by atoms with Crippen molar-refractivity contribution >= 4 is 5.91 Å². The lowest BCUT2D eigenvalue weighted by atomic mass is 9.91. The molecule has 33 heavy (non-hydrogen) atoms. The molecule has 0 saturated heterocycles. The van der Waals surface area contributed by atoms with Crippen LogP contribution in [0.5, 0.6) is 0 Å². The Hall–Kier alpha value is -3.25. The first-order valence-electron chi connectivity index (χ1n) is 11.3. The highest BCUT2D eigenvalue weighted by molar-refractivity contribution is 5.94. The normalized spacial score (nSPS) is 18.8. The third-order valence-corrected chi connectivity index (χ3v) is 6.56. The number of benzene rings is 2. The Bertz CT molecular complexity index is 1140. The molecule has 1 saturated carbocycles. The summed E-state index contributed by atoms with van der Waals surface area (Å²) in [7, 11) is 1.74. The molecule has 1 aliphatic carbocycles. The van der Waals surface area contributed by atoms with E-state index in [-0.39, 0.29) is 23.2 Å². The summed E-state index contributed by atoms with van der Waals surface area (Å²) in [6, 6.07) is 17.1. The average Bonchev–Trinajstić information content (AvgIpc) is 3.28. The first-order valence-corrected chi connectivity index (χ1v) is 11.3. The number of nitrogens with zero attached hydrogens (tertiary/aromatic N) is 1. The summed E-state index contributed by atoms with van der Waals surface area (Å²) in [5.41, 5.74) is 3.13. The molecule has 4 rings (SSSR count). The second-order valence-electron chi connectivity index (χ2n) is 9.06. The molecule has 0 bridgehead atoms. The Kier molecular flexibility index (Phi) is 7.04. The van der Waals surface area contributed by atoms with Gasteiger partial charge in [0.25, 0.3) is 5.91 Å². The van der Waals surface area contributed by atoms with Crippen LogP contribution in [0.15, 0.2) is 71.7 Å². The van der Waals surface area contributed by atoms with Crippen LogP contribution in [0.3, 0.4) is 0 Å². The van der Waals surface area contributed by atoms with E-state index in [1.807, 2.05) is 24.3 Å². The average molecular weight is 449 g/mol. The molecule has 0 unspecified atom stereocenters. The lowest BCUT2D eigenvalue weighted by molar-refractivity contribution is 0.0785. The molecule has 172 valence electrons. The quantitative estimate of drug-likeness (QED) is 0.560. The lowest BCUT2D eigenvalue weighted by Crippen LogP contribution is -2.26. The van der Waals surface area contributed by atoms with Gasteiger partial charge in [0.05, 0.1) is 6.10 Å². The van der Waals surface area contributed by atoms with E-state index in [4.69, 9.17) is 0 Å². The van der Waals surface area contributed by atoms with E-state index in [0.29, 0.717) is 23.6 Å². The van der Waals surface area contributed by atoms with Crippen LogP contribution in [0.2, 0.25) is 0 Å². The zero-order valence-corrected chi connectivity index (χ0v) is 18.7. The molecule has 0 radical (unpaired) electrons. The summed E-state index contributed by atoms with van der Waals surface area (Å²) in [5, 5.41) is 10.7. The SMILES string of the molecule is CN(Cc1ccc(=O)[nH]c1)C(=O)c1ccc(C[C@@H]2CC[C@H]([C@H](O)c3cccc(F)c3)C2)cc1. The van der Waals surface area contributed by atoms with Crippen LogP contribution in [0.1, 0.15) is 52.4 Å². The van der Waals surface area contributed by atoms with Crippen LogP contribution in [0.4, 0.5) is 4.39 Å². The number of hydrogen-bond donors (Lipinski definition) is 2. The van der Waals surface area contributed by atoms with Gasteiger partial charge in [-0.3, -0.25) is 9.59 Å². The van der Waals surface area contributed by atoms with E-state index in [2.05, 4.69) is 4.98 Å². The molecule has 5 nitrogen and oxygen atoms in total. The van der Waals surface area contributed by atoms with Gasteiger partial charge < -0.3 is 15.0 Å². The molecule has 6 heteroatoms. The number of pyridine rings is 1. The molecular formula is C27H29FN2O3. The molecular weight excluding hydrogens is 419 g/mol. The van der Waals surface area contributed by atoms with Gasteiger partial charge in [0.2, 0.25) is 5.56 Å². The molecule has 1 fully saturated rings. The summed E-state index contributed by atoms with van der Waals surface area (Å²) in [6.07, 6.45) is 4.74. The zero-order valence-electron chi connectivity index (χ0n) is 18.7. The van der Waals surface area contributed by atoms with Crippen LogP contribution in [-0.4, -0.2) is 27.9 Å². The highest BCUT2D eigenvalue weighted by Gasteiger charge is 2.31. The minimum Gasteiger partial charge on any atom is -0.388 e. The third kappa shape index (κ3) is 5.76. The van der Waals surface area contributed by atoms with Crippen molar-refractivity contribution in [3.8, 4) is 0 Å².